The molecule has 112 valence electrons. The molecule has 0 heterocycles. The van der Waals surface area contributed by atoms with Crippen molar-refractivity contribution in [2.75, 3.05) is 18.0 Å². The van der Waals surface area contributed by atoms with E-state index in [1.165, 1.54) is 6.07 Å². The molecule has 1 aromatic carbocycles. The highest BCUT2D eigenvalue weighted by Gasteiger charge is 2.17. The molecule has 0 saturated heterocycles. The zero-order chi connectivity index (χ0) is 15.3. The lowest BCUT2D eigenvalue weighted by Gasteiger charge is -2.27. The van der Waals surface area contributed by atoms with Crippen molar-refractivity contribution in [2.24, 2.45) is 11.8 Å². The first-order valence-electron chi connectivity index (χ1n) is 6.74. The number of hydrogen-bond donors (Lipinski definition) is 1. The van der Waals surface area contributed by atoms with Gasteiger partial charge in [0.15, 0.2) is 0 Å². The quantitative estimate of drug-likeness (QED) is 0.826. The molecule has 1 atom stereocenters. The zero-order valence-corrected chi connectivity index (χ0v) is 12.8. The van der Waals surface area contributed by atoms with Gasteiger partial charge in [-0.2, -0.15) is 0 Å². The minimum absolute atomic E-state index is 0.0556. The van der Waals surface area contributed by atoms with Crippen LogP contribution < -0.4 is 4.90 Å². The van der Waals surface area contributed by atoms with Gasteiger partial charge in [0, 0.05) is 18.8 Å². The highest BCUT2D eigenvalue weighted by atomic mass is 35.5. The second kappa shape index (κ2) is 7.48. The number of carboxylic acid groups (broad SMARTS) is 1. The number of nitrogens with zero attached hydrogens (tertiary/aromatic N) is 1. The Kier molecular flexibility index (Phi) is 6.27. The lowest BCUT2D eigenvalue weighted by atomic mass is 10.1. The maximum absolute atomic E-state index is 13.2. The first kappa shape index (κ1) is 16.8. The average molecular weight is 302 g/mol. The first-order chi connectivity index (χ1) is 9.31. The summed E-state index contributed by atoms with van der Waals surface area (Å²) in [7, 11) is 0. The molecule has 0 aliphatic carbocycles. The average Bonchev–Trinajstić information content (AvgIpc) is 2.37. The summed E-state index contributed by atoms with van der Waals surface area (Å²) in [6.45, 7) is 6.98. The van der Waals surface area contributed by atoms with Gasteiger partial charge in [-0.3, -0.25) is 4.79 Å². The van der Waals surface area contributed by atoms with E-state index in [2.05, 4.69) is 13.8 Å². The Morgan fingerprint density at radius 3 is 2.55 bits per heavy atom. The summed E-state index contributed by atoms with van der Waals surface area (Å²) >= 11 is 5.80. The Bertz CT molecular complexity index is 465. The number of anilines is 1. The Hall–Kier alpha value is -1.29. The highest BCUT2D eigenvalue weighted by molar-refractivity contribution is 6.31. The third-order valence-electron chi connectivity index (χ3n) is 3.16. The molecule has 5 heteroatoms. The van der Waals surface area contributed by atoms with E-state index in [1.54, 1.807) is 19.1 Å². The lowest BCUT2D eigenvalue weighted by molar-refractivity contribution is -0.140. The van der Waals surface area contributed by atoms with Crippen molar-refractivity contribution in [3.63, 3.8) is 0 Å². The van der Waals surface area contributed by atoms with Crippen molar-refractivity contribution in [1.29, 1.82) is 0 Å². The summed E-state index contributed by atoms with van der Waals surface area (Å²) in [5, 5.41) is 9.10. The Morgan fingerprint density at radius 1 is 1.40 bits per heavy atom. The molecule has 1 rings (SSSR count). The summed E-state index contributed by atoms with van der Waals surface area (Å²) in [6, 6.07) is 4.49. The van der Waals surface area contributed by atoms with Gasteiger partial charge in [-0.25, -0.2) is 4.39 Å². The summed E-state index contributed by atoms with van der Waals surface area (Å²) in [5.74, 6) is -1.29. The van der Waals surface area contributed by atoms with E-state index >= 15 is 0 Å². The van der Waals surface area contributed by atoms with Crippen molar-refractivity contribution in [1.82, 2.24) is 0 Å². The fourth-order valence-corrected chi connectivity index (χ4v) is 2.01. The van der Waals surface area contributed by atoms with Crippen molar-refractivity contribution in [3.05, 3.63) is 29.0 Å². The summed E-state index contributed by atoms with van der Waals surface area (Å²) in [5.41, 5.74) is 0.755. The van der Waals surface area contributed by atoms with Crippen LogP contribution in [0.2, 0.25) is 5.02 Å². The summed E-state index contributed by atoms with van der Waals surface area (Å²) in [4.78, 5) is 13.0. The number of carboxylic acids is 1. The fourth-order valence-electron chi connectivity index (χ4n) is 1.83. The third kappa shape index (κ3) is 5.00. The van der Waals surface area contributed by atoms with Crippen LogP contribution in [0.25, 0.3) is 0 Å². The van der Waals surface area contributed by atoms with Crippen molar-refractivity contribution < 1.29 is 14.3 Å². The molecular formula is C15H21ClFNO2. The number of rotatable bonds is 7. The number of hydrogen-bond acceptors (Lipinski definition) is 2. The van der Waals surface area contributed by atoms with Crippen molar-refractivity contribution in [2.45, 2.75) is 27.2 Å². The smallest absolute Gasteiger partial charge is 0.308 e. The SMILES string of the molecule is CC(C)CCN(CC(C)C(=O)O)c1ccc(F)c(Cl)c1. The van der Waals surface area contributed by atoms with Gasteiger partial charge in [-0.05, 0) is 30.5 Å². The predicted octanol–water partition coefficient (Wildman–Crippen LogP) is 4.05. The van der Waals surface area contributed by atoms with Crippen LogP contribution in [0.15, 0.2) is 18.2 Å². The van der Waals surface area contributed by atoms with Gasteiger partial charge in [-0.1, -0.05) is 32.4 Å². The summed E-state index contributed by atoms with van der Waals surface area (Å²) in [6.07, 6.45) is 0.932. The largest absolute Gasteiger partial charge is 0.481 e. The van der Waals surface area contributed by atoms with Gasteiger partial charge in [-0.15, -0.1) is 0 Å². The number of aliphatic carboxylic acids is 1. The summed E-state index contributed by atoms with van der Waals surface area (Å²) < 4.78 is 13.2. The molecule has 0 aromatic heterocycles. The number of carbonyl (C=O) groups is 1. The lowest BCUT2D eigenvalue weighted by Crippen LogP contribution is -2.33. The van der Waals surface area contributed by atoms with Crippen LogP contribution in [0.3, 0.4) is 0 Å². The predicted molar refractivity (Wildman–Crippen MR) is 79.9 cm³/mol. The minimum Gasteiger partial charge on any atom is -0.481 e. The molecule has 0 saturated carbocycles. The van der Waals surface area contributed by atoms with Crippen LogP contribution in [-0.2, 0) is 4.79 Å². The van der Waals surface area contributed by atoms with Crippen molar-refractivity contribution >= 4 is 23.3 Å². The Labute approximate surface area is 124 Å². The van der Waals surface area contributed by atoms with Gasteiger partial charge in [0.1, 0.15) is 5.82 Å². The maximum Gasteiger partial charge on any atom is 0.308 e. The van der Waals surface area contributed by atoms with Gasteiger partial charge in [0.25, 0.3) is 0 Å². The van der Waals surface area contributed by atoms with Gasteiger partial charge < -0.3 is 10.0 Å². The molecule has 0 aliphatic rings. The number of benzene rings is 1. The van der Waals surface area contributed by atoms with Crippen molar-refractivity contribution in [3.8, 4) is 0 Å². The normalized spacial score (nSPS) is 12.5. The molecule has 0 bridgehead atoms. The molecule has 0 amide bonds. The fraction of sp³-hybridized carbons (Fsp3) is 0.533. The first-order valence-corrected chi connectivity index (χ1v) is 7.11. The molecule has 0 fully saturated rings. The molecule has 1 aromatic rings. The molecule has 0 radical (unpaired) electrons. The zero-order valence-electron chi connectivity index (χ0n) is 12.1. The van der Waals surface area contributed by atoms with E-state index in [-0.39, 0.29) is 5.02 Å². The van der Waals surface area contributed by atoms with Gasteiger partial charge >= 0.3 is 5.97 Å². The molecule has 3 nitrogen and oxygen atoms in total. The van der Waals surface area contributed by atoms with E-state index < -0.39 is 17.7 Å². The van der Waals surface area contributed by atoms with Crippen LogP contribution >= 0.6 is 11.6 Å². The van der Waals surface area contributed by atoms with Crippen LogP contribution in [-0.4, -0.2) is 24.2 Å². The van der Waals surface area contributed by atoms with Gasteiger partial charge in [0.2, 0.25) is 0 Å². The minimum atomic E-state index is -0.840. The van der Waals surface area contributed by atoms with Gasteiger partial charge in [0.05, 0.1) is 10.9 Å². The van der Waals surface area contributed by atoms with E-state index in [9.17, 15) is 9.18 Å². The van der Waals surface area contributed by atoms with E-state index in [1.807, 2.05) is 4.90 Å². The van der Waals surface area contributed by atoms with Crippen LogP contribution in [0.4, 0.5) is 10.1 Å². The molecule has 1 N–H and O–H groups in total. The molecule has 20 heavy (non-hydrogen) atoms. The second-order valence-electron chi connectivity index (χ2n) is 5.47. The Balaban J connectivity index is 2.90. The van der Waals surface area contributed by atoms with E-state index in [4.69, 9.17) is 16.7 Å². The topological polar surface area (TPSA) is 40.5 Å². The Morgan fingerprint density at radius 2 is 2.05 bits per heavy atom. The van der Waals surface area contributed by atoms with E-state index in [0.717, 1.165) is 18.7 Å². The van der Waals surface area contributed by atoms with Crippen LogP contribution in [0.5, 0.6) is 0 Å². The standard InChI is InChI=1S/C15H21ClFNO2/c1-10(2)6-7-18(9-11(3)15(19)20)12-4-5-14(17)13(16)8-12/h4-5,8,10-11H,6-7,9H2,1-3H3,(H,19,20). The third-order valence-corrected chi connectivity index (χ3v) is 3.45. The van der Waals surface area contributed by atoms with E-state index in [0.29, 0.717) is 12.5 Å². The maximum atomic E-state index is 13.2. The molecule has 0 spiro atoms. The number of halogens is 2. The van der Waals surface area contributed by atoms with Crippen LogP contribution in [0, 0.1) is 17.7 Å². The molecule has 0 aliphatic heterocycles. The molecule has 1 unspecified atom stereocenters. The second-order valence-corrected chi connectivity index (χ2v) is 5.87. The monoisotopic (exact) mass is 301 g/mol. The molecular weight excluding hydrogens is 281 g/mol. The highest BCUT2D eigenvalue weighted by Crippen LogP contribution is 2.24. The van der Waals surface area contributed by atoms with Crippen LogP contribution in [0.1, 0.15) is 27.2 Å².